The van der Waals surface area contributed by atoms with Crippen molar-refractivity contribution >= 4 is 40.8 Å². The number of hydrogen-bond donors (Lipinski definition) is 3. The van der Waals surface area contributed by atoms with Crippen LogP contribution in [0.25, 0.3) is 0 Å². The summed E-state index contributed by atoms with van der Waals surface area (Å²) in [5.74, 6) is -1.55. The average molecular weight is 383 g/mol. The van der Waals surface area contributed by atoms with E-state index in [1.807, 2.05) is 0 Å². The van der Waals surface area contributed by atoms with Crippen LogP contribution in [0, 0.1) is 0 Å². The zero-order valence-electron chi connectivity index (χ0n) is 15.7. The largest absolute Gasteiger partial charge is 0.449 e. The molecule has 2 aromatic rings. The first kappa shape index (κ1) is 20.6. The molecule has 0 heterocycles. The number of esters is 1. The molecule has 0 aliphatic rings. The van der Waals surface area contributed by atoms with Crippen molar-refractivity contribution in [1.82, 2.24) is 0 Å². The van der Waals surface area contributed by atoms with Crippen LogP contribution in [-0.2, 0) is 19.1 Å². The van der Waals surface area contributed by atoms with E-state index in [1.165, 1.54) is 32.9 Å². The summed E-state index contributed by atoms with van der Waals surface area (Å²) in [4.78, 5) is 46.4. The molecule has 28 heavy (non-hydrogen) atoms. The molecule has 8 heteroatoms. The number of anilines is 3. The number of amides is 3. The maximum atomic E-state index is 12.2. The Morgan fingerprint density at radius 2 is 1.11 bits per heavy atom. The molecule has 0 aliphatic heterocycles. The molecule has 0 saturated carbocycles. The van der Waals surface area contributed by atoms with Crippen molar-refractivity contribution in [1.29, 1.82) is 0 Å². The molecule has 8 nitrogen and oxygen atoms in total. The van der Waals surface area contributed by atoms with Crippen molar-refractivity contribution in [3.8, 4) is 0 Å². The van der Waals surface area contributed by atoms with Crippen LogP contribution < -0.4 is 16.0 Å². The van der Waals surface area contributed by atoms with E-state index < -0.39 is 18.0 Å². The molecule has 0 radical (unpaired) electrons. The molecular formula is C20H21N3O5. The molecule has 0 aromatic heterocycles. The van der Waals surface area contributed by atoms with E-state index in [-0.39, 0.29) is 17.4 Å². The Bertz CT molecular complexity index is 876. The van der Waals surface area contributed by atoms with Gasteiger partial charge in [-0.15, -0.1) is 0 Å². The van der Waals surface area contributed by atoms with Crippen LogP contribution in [0.2, 0.25) is 0 Å². The lowest BCUT2D eigenvalue weighted by atomic mass is 10.2. The molecule has 0 unspecified atom stereocenters. The predicted molar refractivity (Wildman–Crippen MR) is 105 cm³/mol. The first-order valence-corrected chi connectivity index (χ1v) is 8.52. The van der Waals surface area contributed by atoms with E-state index in [1.54, 1.807) is 36.4 Å². The highest BCUT2D eigenvalue weighted by molar-refractivity contribution is 5.98. The number of carbonyl (C=O) groups is 4. The van der Waals surface area contributed by atoms with Crippen LogP contribution in [0.5, 0.6) is 0 Å². The highest BCUT2D eigenvalue weighted by atomic mass is 16.5. The van der Waals surface area contributed by atoms with Crippen molar-refractivity contribution in [3.63, 3.8) is 0 Å². The van der Waals surface area contributed by atoms with Crippen LogP contribution in [0.3, 0.4) is 0 Å². The van der Waals surface area contributed by atoms with Gasteiger partial charge in [0.1, 0.15) is 0 Å². The van der Waals surface area contributed by atoms with Gasteiger partial charge in [0, 0.05) is 30.9 Å². The van der Waals surface area contributed by atoms with Gasteiger partial charge in [0.05, 0.1) is 5.56 Å². The SMILES string of the molecule is CC(=O)Nc1ccc(NC(=O)[C@@H](C)OC(=O)c2ccc(NC(C)=O)cc2)cc1. The molecule has 0 aliphatic carbocycles. The van der Waals surface area contributed by atoms with Gasteiger partial charge in [0.2, 0.25) is 11.8 Å². The second-order valence-corrected chi connectivity index (χ2v) is 6.05. The molecule has 3 amide bonds. The second-order valence-electron chi connectivity index (χ2n) is 6.05. The number of rotatable bonds is 6. The summed E-state index contributed by atoms with van der Waals surface area (Å²) in [6.45, 7) is 4.25. The molecule has 0 spiro atoms. The average Bonchev–Trinajstić information content (AvgIpc) is 2.63. The van der Waals surface area contributed by atoms with Crippen LogP contribution in [0.4, 0.5) is 17.1 Å². The van der Waals surface area contributed by atoms with Gasteiger partial charge in [-0.1, -0.05) is 0 Å². The zero-order valence-corrected chi connectivity index (χ0v) is 15.7. The molecular weight excluding hydrogens is 362 g/mol. The molecule has 2 aromatic carbocycles. The Hall–Kier alpha value is -3.68. The lowest BCUT2D eigenvalue weighted by Gasteiger charge is -2.14. The Kier molecular flexibility index (Phi) is 6.86. The molecule has 0 bridgehead atoms. The van der Waals surface area contributed by atoms with E-state index in [9.17, 15) is 19.2 Å². The minimum atomic E-state index is -1.02. The van der Waals surface area contributed by atoms with Crippen LogP contribution in [0.1, 0.15) is 31.1 Å². The predicted octanol–water partition coefficient (Wildman–Crippen LogP) is 2.79. The molecule has 1 atom stereocenters. The van der Waals surface area contributed by atoms with Gasteiger partial charge in [-0.05, 0) is 55.5 Å². The molecule has 0 fully saturated rings. The monoisotopic (exact) mass is 383 g/mol. The normalized spacial score (nSPS) is 11.1. The molecule has 2 rings (SSSR count). The maximum Gasteiger partial charge on any atom is 0.338 e. The molecule has 146 valence electrons. The summed E-state index contributed by atoms with van der Waals surface area (Å²) in [6, 6.07) is 12.7. The molecule has 0 saturated heterocycles. The second kappa shape index (κ2) is 9.31. The Morgan fingerprint density at radius 3 is 1.54 bits per heavy atom. The minimum absolute atomic E-state index is 0.192. The fourth-order valence-electron chi connectivity index (χ4n) is 2.26. The number of ether oxygens (including phenoxy) is 1. The van der Waals surface area contributed by atoms with Gasteiger partial charge in [-0.25, -0.2) is 4.79 Å². The lowest BCUT2D eigenvalue weighted by Crippen LogP contribution is -2.30. The third kappa shape index (κ3) is 6.24. The van der Waals surface area contributed by atoms with Gasteiger partial charge in [-0.2, -0.15) is 0 Å². The number of carbonyl (C=O) groups excluding carboxylic acids is 4. The zero-order chi connectivity index (χ0) is 20.7. The summed E-state index contributed by atoms with van der Waals surface area (Å²) >= 11 is 0. The standard InChI is InChI=1S/C20H21N3O5/c1-12(19(26)23-18-10-8-17(9-11-18)22-14(3)25)28-20(27)15-4-6-16(7-5-15)21-13(2)24/h4-12H,1-3H3,(H,21,24)(H,22,25)(H,23,26)/t12-/m1/s1. The van der Waals surface area contributed by atoms with Gasteiger partial charge in [-0.3, -0.25) is 14.4 Å². The Morgan fingerprint density at radius 1 is 0.714 bits per heavy atom. The van der Waals surface area contributed by atoms with E-state index in [0.29, 0.717) is 17.1 Å². The summed E-state index contributed by atoms with van der Waals surface area (Å²) < 4.78 is 5.17. The van der Waals surface area contributed by atoms with Crippen molar-refractivity contribution in [2.75, 3.05) is 16.0 Å². The summed E-state index contributed by atoms with van der Waals surface area (Å²) in [7, 11) is 0. The minimum Gasteiger partial charge on any atom is -0.449 e. The highest BCUT2D eigenvalue weighted by Gasteiger charge is 2.19. The first-order chi connectivity index (χ1) is 13.2. The summed E-state index contributed by atoms with van der Waals surface area (Å²) in [5.41, 5.74) is 1.92. The lowest BCUT2D eigenvalue weighted by molar-refractivity contribution is -0.123. The fourth-order valence-corrected chi connectivity index (χ4v) is 2.26. The van der Waals surface area contributed by atoms with Gasteiger partial charge in [0.25, 0.3) is 5.91 Å². The number of benzene rings is 2. The van der Waals surface area contributed by atoms with Crippen LogP contribution >= 0.6 is 0 Å². The summed E-state index contributed by atoms with van der Waals surface area (Å²) in [5, 5.41) is 7.85. The van der Waals surface area contributed by atoms with Crippen molar-refractivity contribution in [2.45, 2.75) is 26.9 Å². The van der Waals surface area contributed by atoms with E-state index in [2.05, 4.69) is 16.0 Å². The Balaban J connectivity index is 1.91. The summed E-state index contributed by atoms with van der Waals surface area (Å²) in [6.07, 6.45) is -1.02. The Labute approximate surface area is 162 Å². The van der Waals surface area contributed by atoms with Crippen molar-refractivity contribution in [3.05, 3.63) is 54.1 Å². The highest BCUT2D eigenvalue weighted by Crippen LogP contribution is 2.15. The number of nitrogens with one attached hydrogen (secondary N) is 3. The topological polar surface area (TPSA) is 114 Å². The third-order valence-corrected chi connectivity index (χ3v) is 3.57. The van der Waals surface area contributed by atoms with E-state index in [0.717, 1.165) is 0 Å². The molecule has 3 N–H and O–H groups in total. The van der Waals surface area contributed by atoms with Crippen molar-refractivity contribution < 1.29 is 23.9 Å². The quantitative estimate of drug-likeness (QED) is 0.664. The van der Waals surface area contributed by atoms with Gasteiger partial charge < -0.3 is 20.7 Å². The number of hydrogen-bond acceptors (Lipinski definition) is 5. The van der Waals surface area contributed by atoms with Crippen molar-refractivity contribution in [2.24, 2.45) is 0 Å². The van der Waals surface area contributed by atoms with E-state index in [4.69, 9.17) is 4.74 Å². The smallest absolute Gasteiger partial charge is 0.338 e. The van der Waals surface area contributed by atoms with Crippen LogP contribution in [0.15, 0.2) is 48.5 Å². The van der Waals surface area contributed by atoms with Crippen LogP contribution in [-0.4, -0.2) is 29.8 Å². The fraction of sp³-hybridized carbons (Fsp3) is 0.200. The third-order valence-electron chi connectivity index (χ3n) is 3.57. The van der Waals surface area contributed by atoms with Gasteiger partial charge in [0.15, 0.2) is 6.10 Å². The van der Waals surface area contributed by atoms with Gasteiger partial charge >= 0.3 is 5.97 Å². The van der Waals surface area contributed by atoms with E-state index >= 15 is 0 Å². The maximum absolute atomic E-state index is 12.2. The first-order valence-electron chi connectivity index (χ1n) is 8.52.